The van der Waals surface area contributed by atoms with Crippen molar-refractivity contribution in [1.82, 2.24) is 4.90 Å². The average molecular weight is 271 g/mol. The van der Waals surface area contributed by atoms with Crippen LogP contribution in [-0.4, -0.2) is 43.6 Å². The maximum atomic E-state index is 8.94. The maximum absolute atomic E-state index is 8.94. The Labute approximate surface area is 122 Å². The number of allylic oxidation sites excluding steroid dienone is 6. The molecule has 0 radical (unpaired) electrons. The van der Waals surface area contributed by atoms with Crippen LogP contribution in [0.5, 0.6) is 0 Å². The van der Waals surface area contributed by atoms with Crippen LogP contribution < -0.4 is 0 Å². The molecular formula is C16H23N4+. The molecule has 1 aliphatic heterocycles. The monoisotopic (exact) mass is 271 g/mol. The molecule has 1 rings (SSSR count). The molecule has 0 saturated carbocycles. The van der Waals surface area contributed by atoms with Gasteiger partial charge in [0.1, 0.15) is 17.7 Å². The van der Waals surface area contributed by atoms with E-state index >= 15 is 0 Å². The van der Waals surface area contributed by atoms with E-state index in [2.05, 4.69) is 26.0 Å². The first-order chi connectivity index (χ1) is 9.28. The predicted molar refractivity (Wildman–Crippen MR) is 80.0 cm³/mol. The molecule has 106 valence electrons. The third-order valence-corrected chi connectivity index (χ3v) is 3.30. The van der Waals surface area contributed by atoms with Crippen LogP contribution in [0.15, 0.2) is 34.7 Å². The molecule has 0 fully saturated rings. The van der Waals surface area contributed by atoms with Crippen LogP contribution in [0, 0.1) is 22.7 Å². The molecule has 0 amide bonds. The van der Waals surface area contributed by atoms with Gasteiger partial charge >= 0.3 is 0 Å². The zero-order chi connectivity index (χ0) is 15.3. The van der Waals surface area contributed by atoms with E-state index in [1.165, 1.54) is 0 Å². The van der Waals surface area contributed by atoms with Gasteiger partial charge in [0.25, 0.3) is 0 Å². The molecule has 20 heavy (non-hydrogen) atoms. The Morgan fingerprint density at radius 3 is 2.00 bits per heavy atom. The molecule has 0 atom stereocenters. The summed E-state index contributed by atoms with van der Waals surface area (Å²) in [6, 6.07) is 3.90. The number of quaternary nitrogens is 1. The minimum Gasteiger partial charge on any atom is -0.349 e. The third kappa shape index (κ3) is 4.26. The third-order valence-electron chi connectivity index (χ3n) is 3.30. The van der Waals surface area contributed by atoms with Gasteiger partial charge < -0.3 is 9.38 Å². The molecule has 1 aliphatic rings. The van der Waals surface area contributed by atoms with Crippen LogP contribution in [0.2, 0.25) is 0 Å². The SMILES string of the molecule is CC1=CC(=C(C#N)C#N)C=C(C)N1CCC[N+](C)(C)C. The number of rotatable bonds is 4. The molecule has 0 bridgehead atoms. The standard InChI is InChI=1S/C16H23N4/c1-13-9-15(16(11-17)12-18)10-14(2)19(13)7-6-8-20(3,4)5/h9-10H,6-8H2,1-5H3/q+1. The summed E-state index contributed by atoms with van der Waals surface area (Å²) in [5.41, 5.74) is 3.07. The summed E-state index contributed by atoms with van der Waals surface area (Å²) in [6.07, 6.45) is 4.93. The van der Waals surface area contributed by atoms with Crippen molar-refractivity contribution in [2.45, 2.75) is 20.3 Å². The van der Waals surface area contributed by atoms with Gasteiger partial charge in [-0.15, -0.1) is 0 Å². The van der Waals surface area contributed by atoms with Gasteiger partial charge in [-0.3, -0.25) is 0 Å². The van der Waals surface area contributed by atoms with Gasteiger partial charge in [0, 0.05) is 29.9 Å². The number of nitriles is 2. The molecule has 0 aromatic heterocycles. The molecule has 0 aromatic rings. The Bertz CT molecular complexity index is 506. The van der Waals surface area contributed by atoms with E-state index in [1.54, 1.807) is 0 Å². The highest BCUT2D eigenvalue weighted by Gasteiger charge is 2.16. The van der Waals surface area contributed by atoms with E-state index in [-0.39, 0.29) is 5.57 Å². The maximum Gasteiger partial charge on any atom is 0.137 e. The fourth-order valence-electron chi connectivity index (χ4n) is 2.28. The Morgan fingerprint density at radius 1 is 1.10 bits per heavy atom. The second kappa shape index (κ2) is 6.41. The van der Waals surface area contributed by atoms with Gasteiger partial charge in [0.15, 0.2) is 0 Å². The van der Waals surface area contributed by atoms with E-state index in [0.29, 0.717) is 5.57 Å². The lowest BCUT2D eigenvalue weighted by atomic mass is 10.0. The fraction of sp³-hybridized carbons (Fsp3) is 0.500. The van der Waals surface area contributed by atoms with Gasteiger partial charge in [0.2, 0.25) is 0 Å². The van der Waals surface area contributed by atoms with Crippen LogP contribution in [0.3, 0.4) is 0 Å². The van der Waals surface area contributed by atoms with E-state index < -0.39 is 0 Å². The largest absolute Gasteiger partial charge is 0.349 e. The zero-order valence-corrected chi connectivity index (χ0v) is 13.1. The second-order valence-corrected chi connectivity index (χ2v) is 6.14. The van der Waals surface area contributed by atoms with Gasteiger partial charge in [-0.25, -0.2) is 0 Å². The molecule has 4 heteroatoms. The van der Waals surface area contributed by atoms with Crippen molar-refractivity contribution in [2.75, 3.05) is 34.2 Å². The summed E-state index contributed by atoms with van der Waals surface area (Å²) in [5.74, 6) is 0. The number of nitrogens with zero attached hydrogens (tertiary/aromatic N) is 4. The fourth-order valence-corrected chi connectivity index (χ4v) is 2.28. The zero-order valence-electron chi connectivity index (χ0n) is 13.1. The summed E-state index contributed by atoms with van der Waals surface area (Å²) in [5, 5.41) is 17.9. The van der Waals surface area contributed by atoms with Crippen molar-refractivity contribution >= 4 is 0 Å². The molecular weight excluding hydrogens is 248 g/mol. The molecule has 0 aliphatic carbocycles. The van der Waals surface area contributed by atoms with E-state index in [0.717, 1.165) is 35.4 Å². The molecule has 0 aromatic carbocycles. The lowest BCUT2D eigenvalue weighted by molar-refractivity contribution is -0.870. The van der Waals surface area contributed by atoms with Crippen LogP contribution in [0.4, 0.5) is 0 Å². The van der Waals surface area contributed by atoms with Crippen molar-refractivity contribution in [3.8, 4) is 12.1 Å². The highest BCUT2D eigenvalue weighted by atomic mass is 15.3. The van der Waals surface area contributed by atoms with Crippen LogP contribution in [0.1, 0.15) is 20.3 Å². The highest BCUT2D eigenvalue weighted by molar-refractivity contribution is 5.53. The summed E-state index contributed by atoms with van der Waals surface area (Å²) < 4.78 is 0.956. The van der Waals surface area contributed by atoms with Crippen molar-refractivity contribution in [2.24, 2.45) is 0 Å². The Balaban J connectivity index is 2.84. The molecule has 0 N–H and O–H groups in total. The lowest BCUT2D eigenvalue weighted by Gasteiger charge is -2.31. The summed E-state index contributed by atoms with van der Waals surface area (Å²) in [6.45, 7) is 6.12. The first-order valence-corrected chi connectivity index (χ1v) is 6.77. The van der Waals surface area contributed by atoms with Crippen LogP contribution >= 0.6 is 0 Å². The summed E-state index contributed by atoms with van der Waals surface area (Å²) >= 11 is 0. The van der Waals surface area contributed by atoms with Gasteiger partial charge in [0.05, 0.1) is 27.7 Å². The summed E-state index contributed by atoms with van der Waals surface area (Å²) in [4.78, 5) is 2.24. The smallest absolute Gasteiger partial charge is 0.137 e. The molecule has 0 saturated heterocycles. The lowest BCUT2D eigenvalue weighted by Crippen LogP contribution is -2.37. The first kappa shape index (κ1) is 16.0. The van der Waals surface area contributed by atoms with Gasteiger partial charge in [-0.2, -0.15) is 10.5 Å². The topological polar surface area (TPSA) is 50.8 Å². The molecule has 0 unspecified atom stereocenters. The van der Waals surface area contributed by atoms with Crippen LogP contribution in [0.25, 0.3) is 0 Å². The Hall–Kier alpha value is -2.04. The quantitative estimate of drug-likeness (QED) is 0.583. The van der Waals surface area contributed by atoms with Crippen molar-refractivity contribution < 1.29 is 4.48 Å². The van der Waals surface area contributed by atoms with Gasteiger partial charge in [-0.05, 0) is 26.0 Å². The van der Waals surface area contributed by atoms with Crippen LogP contribution in [-0.2, 0) is 0 Å². The molecule has 0 spiro atoms. The predicted octanol–water partition coefficient (Wildman–Crippen LogP) is 2.55. The summed E-state index contributed by atoms with van der Waals surface area (Å²) in [7, 11) is 6.57. The number of hydrogen-bond acceptors (Lipinski definition) is 3. The van der Waals surface area contributed by atoms with E-state index in [4.69, 9.17) is 10.5 Å². The minimum atomic E-state index is 0.176. The molecule has 4 nitrogen and oxygen atoms in total. The van der Waals surface area contributed by atoms with E-state index in [1.807, 2.05) is 38.1 Å². The highest BCUT2D eigenvalue weighted by Crippen LogP contribution is 2.24. The van der Waals surface area contributed by atoms with Gasteiger partial charge in [-0.1, -0.05) is 0 Å². The van der Waals surface area contributed by atoms with Crippen molar-refractivity contribution in [3.05, 3.63) is 34.7 Å². The second-order valence-electron chi connectivity index (χ2n) is 6.14. The first-order valence-electron chi connectivity index (χ1n) is 6.77. The van der Waals surface area contributed by atoms with E-state index in [9.17, 15) is 0 Å². The Kier molecular flexibility index (Phi) is 5.13. The van der Waals surface area contributed by atoms with Crippen molar-refractivity contribution in [1.29, 1.82) is 10.5 Å². The average Bonchev–Trinajstić information content (AvgIpc) is 2.33. The van der Waals surface area contributed by atoms with Crippen molar-refractivity contribution in [3.63, 3.8) is 0 Å². The Morgan fingerprint density at radius 2 is 1.60 bits per heavy atom. The molecule has 1 heterocycles. The minimum absolute atomic E-state index is 0.176. The normalized spacial score (nSPS) is 15.2. The number of hydrogen-bond donors (Lipinski definition) is 0.